The lowest BCUT2D eigenvalue weighted by Gasteiger charge is -2.53. The lowest BCUT2D eigenvalue weighted by atomic mass is 9.53. The summed E-state index contributed by atoms with van der Waals surface area (Å²) in [6.45, 7) is 13.7. The smallest absolute Gasteiger partial charge is 0.264 e. The first-order valence-corrected chi connectivity index (χ1v) is 17.7. The zero-order valence-corrected chi connectivity index (χ0v) is 23.9. The first-order chi connectivity index (χ1) is 15.6. The molecular formula is C27H44O5SSi. The Morgan fingerprint density at radius 1 is 1.15 bits per heavy atom. The van der Waals surface area contributed by atoms with Crippen LogP contribution in [-0.4, -0.2) is 40.3 Å². The van der Waals surface area contributed by atoms with Crippen molar-refractivity contribution in [3.8, 4) is 5.75 Å². The van der Waals surface area contributed by atoms with Crippen molar-refractivity contribution in [1.29, 1.82) is 0 Å². The molecule has 5 atom stereocenters. The molecule has 2 saturated carbocycles. The summed E-state index contributed by atoms with van der Waals surface area (Å²) in [5.74, 6) is 2.60. The summed E-state index contributed by atoms with van der Waals surface area (Å²) in [6, 6.07) is 6.80. The molecule has 2 fully saturated rings. The number of aryl methyl sites for hydroxylation is 1. The molecule has 7 heteroatoms. The molecule has 0 heterocycles. The van der Waals surface area contributed by atoms with Crippen molar-refractivity contribution in [1.82, 2.24) is 0 Å². The van der Waals surface area contributed by atoms with Gasteiger partial charge in [0.2, 0.25) is 8.32 Å². The van der Waals surface area contributed by atoms with Crippen LogP contribution in [0.25, 0.3) is 0 Å². The van der Waals surface area contributed by atoms with E-state index in [4.69, 9.17) is 8.61 Å². The number of hydrogen-bond donors (Lipinski definition) is 1. The molecule has 4 rings (SSSR count). The Kier molecular flexibility index (Phi) is 6.62. The van der Waals surface area contributed by atoms with Gasteiger partial charge in [0.05, 0.1) is 18.5 Å². The standard InChI is InChI=1S/C27H44O5SSi/c1-25(2,3)34(6,7)32-20-9-11-21-19(18-20)8-10-23-22(21)12-14-26(4)24(23)13-15-27(26,28)16-17-31-33(5,29)30/h9,11,18,22-24,28H,8,10,12-17H2,1-7H3/t22-,23-,24+,26+,27-/m1/s1. The molecule has 0 spiro atoms. The zero-order valence-electron chi connectivity index (χ0n) is 22.1. The van der Waals surface area contributed by atoms with Crippen LogP contribution in [-0.2, 0) is 20.7 Å². The molecule has 34 heavy (non-hydrogen) atoms. The summed E-state index contributed by atoms with van der Waals surface area (Å²) in [5.41, 5.74) is 1.89. The minimum atomic E-state index is -3.49. The van der Waals surface area contributed by atoms with Crippen LogP contribution in [0.4, 0.5) is 0 Å². The lowest BCUT2D eigenvalue weighted by molar-refractivity contribution is -0.111. The highest BCUT2D eigenvalue weighted by Crippen LogP contribution is 2.65. The minimum Gasteiger partial charge on any atom is -0.543 e. The minimum absolute atomic E-state index is 0.0611. The Hall–Kier alpha value is -0.893. The van der Waals surface area contributed by atoms with Crippen LogP contribution < -0.4 is 4.43 Å². The molecular weight excluding hydrogens is 464 g/mol. The molecule has 0 bridgehead atoms. The fourth-order valence-corrected chi connectivity index (χ4v) is 8.36. The molecule has 3 aliphatic carbocycles. The molecule has 0 aliphatic heterocycles. The van der Waals surface area contributed by atoms with E-state index in [0.717, 1.165) is 50.5 Å². The van der Waals surface area contributed by atoms with E-state index in [1.165, 1.54) is 11.1 Å². The summed E-state index contributed by atoms with van der Waals surface area (Å²) >= 11 is 0. The van der Waals surface area contributed by atoms with Gasteiger partial charge in [-0.05, 0) is 103 Å². The third-order valence-corrected chi connectivity index (χ3v) is 15.0. The van der Waals surface area contributed by atoms with E-state index in [1.54, 1.807) is 0 Å². The quantitative estimate of drug-likeness (QED) is 0.375. The predicted octanol–water partition coefficient (Wildman–Crippen LogP) is 6.02. The van der Waals surface area contributed by atoms with Gasteiger partial charge in [0.1, 0.15) is 5.75 Å². The van der Waals surface area contributed by atoms with Gasteiger partial charge >= 0.3 is 0 Å². The molecule has 0 aromatic heterocycles. The molecule has 0 amide bonds. The largest absolute Gasteiger partial charge is 0.543 e. The van der Waals surface area contributed by atoms with Gasteiger partial charge in [-0.2, -0.15) is 8.42 Å². The SMILES string of the molecule is CC(C)(C)[Si](C)(C)Oc1ccc2c(c1)CC[C@@H]1[C@@H]2CC[C@@]2(C)[C@H]1CC[C@@]2(O)CCOS(C)(=O)=O. The Morgan fingerprint density at radius 2 is 1.85 bits per heavy atom. The third kappa shape index (κ3) is 4.62. The number of benzene rings is 1. The summed E-state index contributed by atoms with van der Waals surface area (Å²) in [5, 5.41) is 11.8. The first kappa shape index (κ1) is 26.2. The average Bonchev–Trinajstić information content (AvgIpc) is 2.96. The first-order valence-electron chi connectivity index (χ1n) is 12.9. The summed E-state index contributed by atoms with van der Waals surface area (Å²) < 4.78 is 34.4. The van der Waals surface area contributed by atoms with Crippen LogP contribution in [0.15, 0.2) is 18.2 Å². The number of fused-ring (bicyclic) bond motifs is 5. The van der Waals surface area contributed by atoms with Crippen LogP contribution in [0.2, 0.25) is 18.1 Å². The van der Waals surface area contributed by atoms with Gasteiger partial charge in [0.15, 0.2) is 0 Å². The highest BCUT2D eigenvalue weighted by molar-refractivity contribution is 7.85. The highest BCUT2D eigenvalue weighted by atomic mass is 32.2. The number of rotatable bonds is 6. The molecule has 0 saturated heterocycles. The van der Waals surface area contributed by atoms with Crippen molar-refractivity contribution in [3.05, 3.63) is 29.3 Å². The molecule has 0 radical (unpaired) electrons. The number of hydrogen-bond acceptors (Lipinski definition) is 5. The van der Waals surface area contributed by atoms with Crippen molar-refractivity contribution in [2.45, 2.75) is 102 Å². The van der Waals surface area contributed by atoms with Gasteiger partial charge in [-0.3, -0.25) is 4.18 Å². The van der Waals surface area contributed by atoms with E-state index in [1.807, 2.05) is 0 Å². The van der Waals surface area contributed by atoms with E-state index >= 15 is 0 Å². The highest BCUT2D eigenvalue weighted by Gasteiger charge is 2.61. The van der Waals surface area contributed by atoms with E-state index in [-0.39, 0.29) is 17.1 Å². The molecule has 1 aromatic rings. The van der Waals surface area contributed by atoms with Crippen LogP contribution >= 0.6 is 0 Å². The molecule has 1 aromatic carbocycles. The summed E-state index contributed by atoms with van der Waals surface area (Å²) in [7, 11) is -5.35. The van der Waals surface area contributed by atoms with Gasteiger partial charge < -0.3 is 9.53 Å². The van der Waals surface area contributed by atoms with E-state index in [9.17, 15) is 13.5 Å². The molecule has 3 aliphatic rings. The Balaban J connectivity index is 1.51. The van der Waals surface area contributed by atoms with Crippen molar-refractivity contribution in [2.24, 2.45) is 17.3 Å². The fraction of sp³-hybridized carbons (Fsp3) is 0.778. The topological polar surface area (TPSA) is 72.8 Å². The Morgan fingerprint density at radius 3 is 2.50 bits per heavy atom. The molecule has 0 unspecified atom stereocenters. The molecule has 192 valence electrons. The maximum Gasteiger partial charge on any atom is 0.264 e. The summed E-state index contributed by atoms with van der Waals surface area (Å²) in [6.07, 6.45) is 7.45. The average molecular weight is 509 g/mol. The lowest BCUT2D eigenvalue weighted by Crippen LogP contribution is -2.51. The molecule has 1 N–H and O–H groups in total. The van der Waals surface area contributed by atoms with Crippen LogP contribution in [0.5, 0.6) is 5.75 Å². The zero-order chi connectivity index (χ0) is 25.2. The normalized spacial score (nSPS) is 33.7. The van der Waals surface area contributed by atoms with Crippen LogP contribution in [0.1, 0.15) is 83.3 Å². The van der Waals surface area contributed by atoms with E-state index in [2.05, 4.69) is 59.0 Å². The summed E-state index contributed by atoms with van der Waals surface area (Å²) in [4.78, 5) is 0. The van der Waals surface area contributed by atoms with Crippen molar-refractivity contribution in [3.63, 3.8) is 0 Å². The van der Waals surface area contributed by atoms with Crippen molar-refractivity contribution in [2.75, 3.05) is 12.9 Å². The molecule has 5 nitrogen and oxygen atoms in total. The second kappa shape index (κ2) is 8.60. The maximum atomic E-state index is 11.7. The Bertz CT molecular complexity index is 1030. The van der Waals surface area contributed by atoms with Crippen LogP contribution in [0.3, 0.4) is 0 Å². The Labute approximate surface area is 207 Å². The second-order valence-corrected chi connectivity index (χ2v) is 19.3. The van der Waals surface area contributed by atoms with Crippen LogP contribution in [0, 0.1) is 17.3 Å². The third-order valence-electron chi connectivity index (χ3n) is 10.0. The van der Waals surface area contributed by atoms with Gasteiger partial charge in [-0.25, -0.2) is 0 Å². The maximum absolute atomic E-state index is 11.7. The monoisotopic (exact) mass is 508 g/mol. The van der Waals surface area contributed by atoms with Gasteiger partial charge in [0, 0.05) is 6.42 Å². The van der Waals surface area contributed by atoms with Crippen molar-refractivity contribution < 1.29 is 22.1 Å². The van der Waals surface area contributed by atoms with Crippen molar-refractivity contribution >= 4 is 18.4 Å². The van der Waals surface area contributed by atoms with Gasteiger partial charge in [-0.1, -0.05) is 33.8 Å². The van der Waals surface area contributed by atoms with Gasteiger partial charge in [0.25, 0.3) is 10.1 Å². The van der Waals surface area contributed by atoms with Gasteiger partial charge in [-0.15, -0.1) is 0 Å². The fourth-order valence-electron chi connectivity index (χ4n) is 6.95. The van der Waals surface area contributed by atoms with E-state index < -0.39 is 24.0 Å². The predicted molar refractivity (Wildman–Crippen MR) is 139 cm³/mol. The second-order valence-electron chi connectivity index (χ2n) is 12.9. The van der Waals surface area contributed by atoms with E-state index in [0.29, 0.717) is 24.2 Å². The number of aliphatic hydroxyl groups is 1.